The summed E-state index contributed by atoms with van der Waals surface area (Å²) in [5.41, 5.74) is 0. The Bertz CT molecular complexity index is 271. The molecule has 0 fully saturated rings. The van der Waals surface area contributed by atoms with Gasteiger partial charge in [-0.15, -0.1) is 11.3 Å². The molecule has 2 nitrogen and oxygen atoms in total. The van der Waals surface area contributed by atoms with Crippen molar-refractivity contribution >= 4 is 11.3 Å². The number of hydrogen-bond acceptors (Lipinski definition) is 3. The molecule has 16 heavy (non-hydrogen) atoms. The molecule has 1 heterocycles. The second kappa shape index (κ2) is 7.05. The van der Waals surface area contributed by atoms with Gasteiger partial charge < -0.3 is 10.4 Å². The Labute approximate surface area is 103 Å². The maximum Gasteiger partial charge on any atom is 0.0575 e. The first-order valence-electron chi connectivity index (χ1n) is 6.03. The molecule has 1 rings (SSSR count). The van der Waals surface area contributed by atoms with Gasteiger partial charge in [-0.05, 0) is 43.7 Å². The third kappa shape index (κ3) is 5.10. The first-order valence-corrected chi connectivity index (χ1v) is 6.91. The largest absolute Gasteiger partial charge is 0.393 e. The van der Waals surface area contributed by atoms with Crippen molar-refractivity contribution in [2.75, 3.05) is 6.54 Å². The van der Waals surface area contributed by atoms with Crippen LogP contribution in [0.3, 0.4) is 0 Å². The monoisotopic (exact) mass is 241 g/mol. The van der Waals surface area contributed by atoms with E-state index in [2.05, 4.69) is 43.6 Å². The van der Waals surface area contributed by atoms with E-state index in [4.69, 9.17) is 0 Å². The summed E-state index contributed by atoms with van der Waals surface area (Å²) in [4.78, 5) is 1.42. The van der Waals surface area contributed by atoms with E-state index in [0.717, 1.165) is 19.4 Å². The highest BCUT2D eigenvalue weighted by atomic mass is 32.1. The zero-order chi connectivity index (χ0) is 12.0. The number of thiophene rings is 1. The zero-order valence-electron chi connectivity index (χ0n) is 10.4. The maximum absolute atomic E-state index is 9.66. The summed E-state index contributed by atoms with van der Waals surface area (Å²) < 4.78 is 0. The molecule has 2 unspecified atom stereocenters. The third-order valence-electron chi connectivity index (χ3n) is 2.79. The Hall–Kier alpha value is -0.380. The maximum atomic E-state index is 9.66. The average molecular weight is 241 g/mol. The first-order chi connectivity index (χ1) is 7.59. The lowest BCUT2D eigenvalue weighted by molar-refractivity contribution is 0.115. The van der Waals surface area contributed by atoms with Crippen LogP contribution >= 0.6 is 11.3 Å². The van der Waals surface area contributed by atoms with Gasteiger partial charge in [0.05, 0.1) is 6.10 Å². The Morgan fingerprint density at radius 2 is 2.12 bits per heavy atom. The number of aliphatic hydroxyl groups excluding tert-OH is 1. The van der Waals surface area contributed by atoms with Crippen LogP contribution < -0.4 is 5.32 Å². The van der Waals surface area contributed by atoms with Gasteiger partial charge in [-0.25, -0.2) is 0 Å². The molecule has 0 aliphatic heterocycles. The topological polar surface area (TPSA) is 32.3 Å². The fraction of sp³-hybridized carbons (Fsp3) is 0.692. The van der Waals surface area contributed by atoms with Crippen molar-refractivity contribution in [3.05, 3.63) is 22.4 Å². The van der Waals surface area contributed by atoms with Gasteiger partial charge in [0.25, 0.3) is 0 Å². The molecule has 0 saturated heterocycles. The Morgan fingerprint density at radius 1 is 1.38 bits per heavy atom. The summed E-state index contributed by atoms with van der Waals surface area (Å²) in [5, 5.41) is 15.2. The number of nitrogens with one attached hydrogen (secondary N) is 1. The van der Waals surface area contributed by atoms with Crippen LogP contribution in [0, 0.1) is 5.92 Å². The van der Waals surface area contributed by atoms with Crippen molar-refractivity contribution in [1.29, 1.82) is 0 Å². The standard InChI is InChI=1S/C13H23NOS/c1-10(2)13(15)6-7-14-11(3)9-12-5-4-8-16-12/h4-5,8,10-11,13-15H,6-7,9H2,1-3H3. The van der Waals surface area contributed by atoms with E-state index in [1.165, 1.54) is 4.88 Å². The lowest BCUT2D eigenvalue weighted by atomic mass is 10.0. The van der Waals surface area contributed by atoms with E-state index >= 15 is 0 Å². The second-order valence-corrected chi connectivity index (χ2v) is 5.77. The van der Waals surface area contributed by atoms with Crippen molar-refractivity contribution < 1.29 is 5.11 Å². The van der Waals surface area contributed by atoms with E-state index in [1.807, 2.05) is 0 Å². The predicted molar refractivity (Wildman–Crippen MR) is 70.9 cm³/mol. The van der Waals surface area contributed by atoms with E-state index in [1.54, 1.807) is 11.3 Å². The highest BCUT2D eigenvalue weighted by Gasteiger charge is 2.09. The van der Waals surface area contributed by atoms with Crippen LogP contribution in [0.4, 0.5) is 0 Å². The van der Waals surface area contributed by atoms with E-state index in [9.17, 15) is 5.11 Å². The smallest absolute Gasteiger partial charge is 0.0575 e. The highest BCUT2D eigenvalue weighted by Crippen LogP contribution is 2.11. The molecule has 0 amide bonds. The van der Waals surface area contributed by atoms with Crippen LogP contribution in [0.2, 0.25) is 0 Å². The molecular weight excluding hydrogens is 218 g/mol. The van der Waals surface area contributed by atoms with Crippen LogP contribution in [-0.2, 0) is 6.42 Å². The number of hydrogen-bond donors (Lipinski definition) is 2. The van der Waals surface area contributed by atoms with Crippen LogP contribution in [0.5, 0.6) is 0 Å². The molecular formula is C13H23NOS. The van der Waals surface area contributed by atoms with Crippen LogP contribution in [0.15, 0.2) is 17.5 Å². The molecule has 92 valence electrons. The van der Waals surface area contributed by atoms with Crippen molar-refractivity contribution in [2.24, 2.45) is 5.92 Å². The molecule has 0 spiro atoms. The molecule has 0 aliphatic carbocycles. The third-order valence-corrected chi connectivity index (χ3v) is 3.69. The van der Waals surface area contributed by atoms with Crippen LogP contribution in [-0.4, -0.2) is 23.8 Å². The molecule has 3 heteroatoms. The fourth-order valence-corrected chi connectivity index (χ4v) is 2.45. The summed E-state index contributed by atoms with van der Waals surface area (Å²) >= 11 is 1.81. The van der Waals surface area contributed by atoms with Gasteiger partial charge in [-0.2, -0.15) is 0 Å². The predicted octanol–water partition coefficient (Wildman–Crippen LogP) is 2.68. The second-order valence-electron chi connectivity index (χ2n) is 4.74. The average Bonchev–Trinajstić information content (AvgIpc) is 2.70. The molecule has 2 atom stereocenters. The van der Waals surface area contributed by atoms with E-state index < -0.39 is 0 Å². The minimum absolute atomic E-state index is 0.179. The highest BCUT2D eigenvalue weighted by molar-refractivity contribution is 7.09. The van der Waals surface area contributed by atoms with Crippen molar-refractivity contribution in [1.82, 2.24) is 5.32 Å². The van der Waals surface area contributed by atoms with Crippen molar-refractivity contribution in [2.45, 2.75) is 45.8 Å². The Morgan fingerprint density at radius 3 is 2.69 bits per heavy atom. The molecule has 0 bridgehead atoms. The normalized spacial score (nSPS) is 15.3. The van der Waals surface area contributed by atoms with E-state index in [-0.39, 0.29) is 6.10 Å². The van der Waals surface area contributed by atoms with Gasteiger partial charge in [-0.1, -0.05) is 19.9 Å². The summed E-state index contributed by atoms with van der Waals surface area (Å²) in [5.74, 6) is 0.356. The lowest BCUT2D eigenvalue weighted by Gasteiger charge is -2.17. The van der Waals surface area contributed by atoms with Crippen molar-refractivity contribution in [3.63, 3.8) is 0 Å². The molecule has 1 aromatic rings. The Kier molecular flexibility index (Phi) is 6.03. The number of aliphatic hydroxyl groups is 1. The van der Waals surface area contributed by atoms with Crippen molar-refractivity contribution in [3.8, 4) is 0 Å². The van der Waals surface area contributed by atoms with Gasteiger partial charge in [0, 0.05) is 10.9 Å². The summed E-state index contributed by atoms with van der Waals surface area (Å²) in [6.45, 7) is 7.20. The fourth-order valence-electron chi connectivity index (χ4n) is 1.61. The van der Waals surface area contributed by atoms with Gasteiger partial charge >= 0.3 is 0 Å². The summed E-state index contributed by atoms with van der Waals surface area (Å²) in [6, 6.07) is 4.75. The Balaban J connectivity index is 2.13. The van der Waals surface area contributed by atoms with Crippen LogP contribution in [0.25, 0.3) is 0 Å². The van der Waals surface area contributed by atoms with Gasteiger partial charge in [0.1, 0.15) is 0 Å². The first kappa shape index (κ1) is 13.7. The van der Waals surface area contributed by atoms with Crippen LogP contribution in [0.1, 0.15) is 32.1 Å². The minimum Gasteiger partial charge on any atom is -0.393 e. The molecule has 0 radical (unpaired) electrons. The van der Waals surface area contributed by atoms with E-state index in [0.29, 0.717) is 12.0 Å². The molecule has 0 saturated carbocycles. The summed E-state index contributed by atoms with van der Waals surface area (Å²) in [6.07, 6.45) is 1.74. The molecule has 1 aromatic heterocycles. The lowest BCUT2D eigenvalue weighted by Crippen LogP contribution is -2.31. The molecule has 2 N–H and O–H groups in total. The van der Waals surface area contributed by atoms with Gasteiger partial charge in [0.15, 0.2) is 0 Å². The number of rotatable bonds is 7. The van der Waals surface area contributed by atoms with Gasteiger partial charge in [-0.3, -0.25) is 0 Å². The molecule has 0 aliphatic rings. The summed E-state index contributed by atoms with van der Waals surface area (Å²) in [7, 11) is 0. The zero-order valence-corrected chi connectivity index (χ0v) is 11.3. The minimum atomic E-state index is -0.179. The molecule has 0 aromatic carbocycles. The van der Waals surface area contributed by atoms with Gasteiger partial charge in [0.2, 0.25) is 0 Å². The quantitative estimate of drug-likeness (QED) is 0.769. The SMILES string of the molecule is CC(Cc1cccs1)NCCC(O)C(C)C.